The molecule has 0 saturated heterocycles. The van der Waals surface area contributed by atoms with Crippen LogP contribution in [0.4, 0.5) is 5.69 Å². The number of carbonyl (C=O) groups excluding carboxylic acids is 1. The number of pyridine rings is 1. The van der Waals surface area contributed by atoms with Gasteiger partial charge in [0.1, 0.15) is 5.75 Å². The van der Waals surface area contributed by atoms with Gasteiger partial charge in [0, 0.05) is 17.4 Å². The molecule has 2 heterocycles. The Morgan fingerprint density at radius 2 is 1.84 bits per heavy atom. The van der Waals surface area contributed by atoms with Gasteiger partial charge >= 0.3 is 0 Å². The summed E-state index contributed by atoms with van der Waals surface area (Å²) in [4.78, 5) is 21.1. The summed E-state index contributed by atoms with van der Waals surface area (Å²) in [5, 5.41) is 2.91. The molecule has 0 aliphatic heterocycles. The minimum Gasteiger partial charge on any atom is -0.484 e. The van der Waals surface area contributed by atoms with Gasteiger partial charge < -0.3 is 14.5 Å². The number of nitrogens with zero attached hydrogens (tertiary/aromatic N) is 2. The lowest BCUT2D eigenvalue weighted by molar-refractivity contribution is -0.118. The normalized spacial score (nSPS) is 11.5. The zero-order valence-corrected chi connectivity index (χ0v) is 18.1. The van der Waals surface area contributed by atoms with Gasteiger partial charge in [-0.15, -0.1) is 0 Å². The highest BCUT2D eigenvalue weighted by Crippen LogP contribution is 2.30. The minimum atomic E-state index is -0.237. The first-order valence-corrected chi connectivity index (χ1v) is 10.2. The van der Waals surface area contributed by atoms with Crippen molar-refractivity contribution in [2.24, 2.45) is 0 Å². The zero-order valence-electron chi connectivity index (χ0n) is 18.1. The molecule has 0 radical (unpaired) electrons. The Bertz CT molecular complexity index is 1190. The Kier molecular flexibility index (Phi) is 5.46. The van der Waals surface area contributed by atoms with Crippen molar-refractivity contribution in [1.82, 2.24) is 9.97 Å². The number of benzene rings is 2. The highest BCUT2D eigenvalue weighted by molar-refractivity contribution is 5.93. The number of aromatic nitrogens is 2. The molecular formula is C25H25N3O3. The number of fused-ring (bicyclic) bond motifs is 1. The van der Waals surface area contributed by atoms with E-state index in [-0.39, 0.29) is 17.9 Å². The fourth-order valence-electron chi connectivity index (χ4n) is 3.27. The van der Waals surface area contributed by atoms with Crippen molar-refractivity contribution in [1.29, 1.82) is 0 Å². The van der Waals surface area contributed by atoms with Crippen molar-refractivity contribution < 1.29 is 13.9 Å². The molecule has 0 saturated carbocycles. The third-order valence-corrected chi connectivity index (χ3v) is 5.09. The van der Waals surface area contributed by atoms with Gasteiger partial charge in [-0.25, -0.2) is 4.98 Å². The van der Waals surface area contributed by atoms with Crippen molar-refractivity contribution in [3.05, 3.63) is 71.9 Å². The van der Waals surface area contributed by atoms with E-state index in [9.17, 15) is 4.79 Å². The van der Waals surface area contributed by atoms with Crippen LogP contribution in [0.2, 0.25) is 0 Å². The number of nitrogens with one attached hydrogen (secondary N) is 1. The maximum absolute atomic E-state index is 12.5. The van der Waals surface area contributed by atoms with Crippen molar-refractivity contribution in [2.45, 2.75) is 33.1 Å². The van der Waals surface area contributed by atoms with Gasteiger partial charge in [-0.2, -0.15) is 4.98 Å². The predicted molar refractivity (Wildman–Crippen MR) is 121 cm³/mol. The Balaban J connectivity index is 1.44. The lowest BCUT2D eigenvalue weighted by Crippen LogP contribution is -2.20. The third-order valence-electron chi connectivity index (χ3n) is 5.09. The van der Waals surface area contributed by atoms with Gasteiger partial charge in [0.15, 0.2) is 17.8 Å². The summed E-state index contributed by atoms with van der Waals surface area (Å²) in [6, 6.07) is 17.1. The number of anilines is 1. The van der Waals surface area contributed by atoms with Gasteiger partial charge in [0.2, 0.25) is 5.89 Å². The largest absolute Gasteiger partial charge is 0.484 e. The summed E-state index contributed by atoms with van der Waals surface area (Å²) in [7, 11) is 0. The molecular weight excluding hydrogens is 390 g/mol. The Morgan fingerprint density at radius 1 is 1.06 bits per heavy atom. The molecule has 0 bridgehead atoms. The number of carbonyl (C=O) groups is 1. The Hall–Kier alpha value is -3.67. The number of oxazole rings is 1. The number of hydrogen-bond donors (Lipinski definition) is 1. The summed E-state index contributed by atoms with van der Waals surface area (Å²) < 4.78 is 11.5. The lowest BCUT2D eigenvalue weighted by atomic mass is 9.87. The molecule has 158 valence electrons. The molecule has 31 heavy (non-hydrogen) atoms. The second-order valence-corrected chi connectivity index (χ2v) is 8.43. The van der Waals surface area contributed by atoms with Crippen molar-refractivity contribution in [3.63, 3.8) is 0 Å². The second kappa shape index (κ2) is 8.22. The van der Waals surface area contributed by atoms with Crippen LogP contribution >= 0.6 is 0 Å². The molecule has 0 spiro atoms. The van der Waals surface area contributed by atoms with E-state index in [2.05, 4.69) is 36.1 Å². The lowest BCUT2D eigenvalue weighted by Gasteiger charge is -2.19. The smallest absolute Gasteiger partial charge is 0.262 e. The van der Waals surface area contributed by atoms with Crippen LogP contribution in [-0.4, -0.2) is 22.5 Å². The molecule has 1 N–H and O–H groups in total. The van der Waals surface area contributed by atoms with Crippen LogP contribution in [0.5, 0.6) is 5.75 Å². The molecule has 2 aromatic heterocycles. The molecule has 0 fully saturated rings. The summed E-state index contributed by atoms with van der Waals surface area (Å²) in [6.45, 7) is 8.31. The van der Waals surface area contributed by atoms with Crippen LogP contribution in [-0.2, 0) is 10.2 Å². The molecule has 0 aliphatic rings. The first-order valence-electron chi connectivity index (χ1n) is 10.2. The van der Waals surface area contributed by atoms with E-state index >= 15 is 0 Å². The molecule has 2 aromatic carbocycles. The number of ether oxygens (including phenoxy) is 1. The minimum absolute atomic E-state index is 0.0726. The second-order valence-electron chi connectivity index (χ2n) is 8.43. The molecule has 6 nitrogen and oxygen atoms in total. The molecule has 4 aromatic rings. The van der Waals surface area contributed by atoms with E-state index in [0.29, 0.717) is 28.6 Å². The van der Waals surface area contributed by atoms with E-state index in [1.54, 1.807) is 12.3 Å². The van der Waals surface area contributed by atoms with Gasteiger partial charge in [-0.1, -0.05) is 39.0 Å². The van der Waals surface area contributed by atoms with Crippen molar-refractivity contribution in [3.8, 4) is 17.2 Å². The monoisotopic (exact) mass is 415 g/mol. The van der Waals surface area contributed by atoms with E-state index in [4.69, 9.17) is 9.15 Å². The van der Waals surface area contributed by atoms with Crippen LogP contribution < -0.4 is 10.1 Å². The van der Waals surface area contributed by atoms with Gasteiger partial charge in [-0.3, -0.25) is 4.79 Å². The topological polar surface area (TPSA) is 77.2 Å². The van der Waals surface area contributed by atoms with Crippen LogP contribution in [0, 0.1) is 6.92 Å². The quantitative estimate of drug-likeness (QED) is 0.465. The number of rotatable bonds is 5. The Labute approximate surface area is 181 Å². The maximum atomic E-state index is 12.5. The standard InChI is InChI=1S/C25H25N3O3/c1-16-19(24-28-23-21(31-24)9-6-14-26-23)7-5-8-20(16)27-22(29)15-30-18-12-10-17(11-13-18)25(2,3)4/h5-14H,15H2,1-4H3,(H,27,29). The summed E-state index contributed by atoms with van der Waals surface area (Å²) >= 11 is 0. The average molecular weight is 415 g/mol. The Morgan fingerprint density at radius 3 is 2.55 bits per heavy atom. The van der Waals surface area contributed by atoms with E-state index in [0.717, 1.165) is 11.1 Å². The van der Waals surface area contributed by atoms with Crippen LogP contribution in [0.25, 0.3) is 22.7 Å². The number of hydrogen-bond acceptors (Lipinski definition) is 5. The maximum Gasteiger partial charge on any atom is 0.262 e. The average Bonchev–Trinajstić information content (AvgIpc) is 3.17. The van der Waals surface area contributed by atoms with Gasteiger partial charge in [-0.05, 0) is 59.9 Å². The molecule has 0 atom stereocenters. The number of amides is 1. The molecule has 0 unspecified atom stereocenters. The molecule has 6 heteroatoms. The van der Waals surface area contributed by atoms with Crippen LogP contribution in [0.1, 0.15) is 31.9 Å². The highest BCUT2D eigenvalue weighted by atomic mass is 16.5. The molecule has 0 aliphatic carbocycles. The first-order chi connectivity index (χ1) is 14.8. The van der Waals surface area contributed by atoms with Crippen LogP contribution in [0.15, 0.2) is 65.2 Å². The molecule has 4 rings (SSSR count). The van der Waals surface area contributed by atoms with Crippen LogP contribution in [0.3, 0.4) is 0 Å². The third kappa shape index (κ3) is 4.58. The van der Waals surface area contributed by atoms with Crippen molar-refractivity contribution in [2.75, 3.05) is 11.9 Å². The van der Waals surface area contributed by atoms with E-state index < -0.39 is 0 Å². The fraction of sp³-hybridized carbons (Fsp3) is 0.240. The predicted octanol–water partition coefficient (Wildman–Crippen LogP) is 5.51. The van der Waals surface area contributed by atoms with E-state index in [1.165, 1.54) is 5.56 Å². The van der Waals surface area contributed by atoms with Gasteiger partial charge in [0.25, 0.3) is 5.91 Å². The van der Waals surface area contributed by atoms with Crippen molar-refractivity contribution >= 4 is 22.8 Å². The highest BCUT2D eigenvalue weighted by Gasteiger charge is 2.15. The fourth-order valence-corrected chi connectivity index (χ4v) is 3.27. The van der Waals surface area contributed by atoms with E-state index in [1.807, 2.05) is 55.5 Å². The zero-order chi connectivity index (χ0) is 22.0. The summed E-state index contributed by atoms with van der Waals surface area (Å²) in [5.74, 6) is 0.893. The molecule has 1 amide bonds. The van der Waals surface area contributed by atoms with Gasteiger partial charge in [0.05, 0.1) is 0 Å². The SMILES string of the molecule is Cc1c(NC(=O)COc2ccc(C(C)(C)C)cc2)cccc1-c1nc2ncccc2o1. The summed E-state index contributed by atoms with van der Waals surface area (Å²) in [6.07, 6.45) is 1.68. The first kappa shape index (κ1) is 20.6. The summed E-state index contributed by atoms with van der Waals surface area (Å²) in [5.41, 5.74) is 4.81.